The van der Waals surface area contributed by atoms with Gasteiger partial charge in [0.05, 0.1) is 12.4 Å². The van der Waals surface area contributed by atoms with Gasteiger partial charge in [-0.15, -0.1) is 11.8 Å². The number of aryl methyl sites for hydroxylation is 1. The van der Waals surface area contributed by atoms with Crippen LogP contribution in [-0.2, 0) is 4.74 Å². The number of ether oxygens (including phenoxy) is 1. The zero-order valence-electron chi connectivity index (χ0n) is 21.7. The lowest BCUT2D eigenvalue weighted by Gasteiger charge is -2.18. The van der Waals surface area contributed by atoms with Gasteiger partial charge in [-0.1, -0.05) is 78.4 Å². The average molecular weight is 515 g/mol. The van der Waals surface area contributed by atoms with Gasteiger partial charge in [-0.3, -0.25) is 9.97 Å². The van der Waals surface area contributed by atoms with Crippen molar-refractivity contribution in [1.82, 2.24) is 9.97 Å². The van der Waals surface area contributed by atoms with Gasteiger partial charge in [0.1, 0.15) is 5.76 Å². The first kappa shape index (κ1) is 25.5. The minimum Gasteiger partial charge on any atom is -0.497 e. The van der Waals surface area contributed by atoms with Gasteiger partial charge < -0.3 is 4.74 Å². The van der Waals surface area contributed by atoms with E-state index in [1.54, 1.807) is 24.2 Å². The van der Waals surface area contributed by atoms with Gasteiger partial charge in [-0.2, -0.15) is 0 Å². The molecule has 0 spiro atoms. The second-order valence-electron chi connectivity index (χ2n) is 8.97. The molecule has 0 aliphatic heterocycles. The first-order valence-electron chi connectivity index (χ1n) is 12.8. The van der Waals surface area contributed by atoms with Crippen LogP contribution in [0.25, 0.3) is 27.8 Å². The van der Waals surface area contributed by atoms with Crippen molar-refractivity contribution in [3.63, 3.8) is 0 Å². The molecular weight excluding hydrogens is 484 g/mol. The van der Waals surface area contributed by atoms with E-state index in [1.807, 2.05) is 31.5 Å². The van der Waals surface area contributed by atoms with Crippen LogP contribution in [0.5, 0.6) is 0 Å². The van der Waals surface area contributed by atoms with Crippen LogP contribution in [0.1, 0.15) is 23.6 Å². The van der Waals surface area contributed by atoms with Crippen LogP contribution in [0.2, 0.25) is 0 Å². The molecule has 0 saturated heterocycles. The summed E-state index contributed by atoms with van der Waals surface area (Å²) in [6.45, 7) is 4.78. The highest BCUT2D eigenvalue weighted by Crippen LogP contribution is 2.34. The molecule has 2 aromatic heterocycles. The van der Waals surface area contributed by atoms with Crippen molar-refractivity contribution in [3.8, 4) is 22.3 Å². The van der Waals surface area contributed by atoms with Gasteiger partial charge in [0.2, 0.25) is 0 Å². The van der Waals surface area contributed by atoms with E-state index in [4.69, 9.17) is 4.74 Å². The minimum atomic E-state index is 0.606. The van der Waals surface area contributed by atoms with Crippen molar-refractivity contribution in [2.24, 2.45) is 0 Å². The van der Waals surface area contributed by atoms with E-state index in [-0.39, 0.29) is 0 Å². The lowest BCUT2D eigenvalue weighted by molar-refractivity contribution is 0.235. The molecule has 2 heterocycles. The number of hydrogen-bond donors (Lipinski definition) is 0. The highest BCUT2D eigenvalue weighted by Gasteiger charge is 2.15. The number of nitrogens with zero attached hydrogens (tertiary/aromatic N) is 2. The number of aromatic nitrogens is 2. The maximum absolute atomic E-state index is 6.33. The van der Waals surface area contributed by atoms with Crippen molar-refractivity contribution < 1.29 is 4.74 Å². The Morgan fingerprint density at radius 2 is 1.26 bits per heavy atom. The highest BCUT2D eigenvalue weighted by molar-refractivity contribution is 7.99. The Morgan fingerprint density at radius 3 is 1.74 bits per heavy atom. The molecule has 0 unspecified atom stereocenters. The minimum absolute atomic E-state index is 0.606. The van der Waals surface area contributed by atoms with Gasteiger partial charge in [0, 0.05) is 35.3 Å². The first-order valence-corrected chi connectivity index (χ1v) is 13.8. The number of rotatable bonds is 9. The zero-order valence-corrected chi connectivity index (χ0v) is 22.5. The summed E-state index contributed by atoms with van der Waals surface area (Å²) in [5.74, 6) is 1.71. The summed E-state index contributed by atoms with van der Waals surface area (Å²) in [4.78, 5) is 9.79. The Morgan fingerprint density at radius 1 is 0.684 bits per heavy atom. The van der Waals surface area contributed by atoms with Crippen LogP contribution in [0, 0.1) is 6.92 Å². The van der Waals surface area contributed by atoms with Gasteiger partial charge in [0.15, 0.2) is 0 Å². The maximum Gasteiger partial charge on any atom is 0.115 e. The predicted molar refractivity (Wildman–Crippen MR) is 159 cm³/mol. The van der Waals surface area contributed by atoms with Crippen molar-refractivity contribution in [2.45, 2.75) is 18.7 Å². The van der Waals surface area contributed by atoms with Crippen LogP contribution in [0.4, 0.5) is 0 Å². The monoisotopic (exact) mass is 514 g/mol. The summed E-state index contributed by atoms with van der Waals surface area (Å²) in [5, 5.41) is 0. The molecule has 0 bridgehead atoms. The molecule has 3 aromatic carbocycles. The molecule has 4 heteroatoms. The largest absolute Gasteiger partial charge is 0.497 e. The fraction of sp³-hybridized carbons (Fsp3) is 0.118. The molecule has 0 aliphatic carbocycles. The standard InChI is InChI=1S/C34H30N2OS/c1-3-37-33(24-38-32-10-4-7-25(2)21-32)34(28-15-11-26(12-16-28)30-8-5-19-35-22-30)29-17-13-27(14-18-29)31-9-6-20-36-23-31/h4-23H,3,24H2,1-2H3. The molecule has 0 aliphatic rings. The summed E-state index contributed by atoms with van der Waals surface area (Å²) in [6, 6.07) is 34.1. The third-order valence-electron chi connectivity index (χ3n) is 6.29. The van der Waals surface area contributed by atoms with Crippen molar-refractivity contribution in [3.05, 3.63) is 144 Å². The zero-order chi connectivity index (χ0) is 26.2. The van der Waals surface area contributed by atoms with E-state index in [0.29, 0.717) is 6.61 Å². The molecule has 0 N–H and O–H groups in total. The summed E-state index contributed by atoms with van der Waals surface area (Å²) >= 11 is 1.80. The molecule has 5 rings (SSSR count). The molecule has 5 aromatic rings. The molecular formula is C34H30N2OS. The van der Waals surface area contributed by atoms with Crippen molar-refractivity contribution in [2.75, 3.05) is 12.4 Å². The van der Waals surface area contributed by atoms with Crippen molar-refractivity contribution >= 4 is 17.3 Å². The van der Waals surface area contributed by atoms with E-state index in [2.05, 4.69) is 102 Å². The average Bonchev–Trinajstić information content (AvgIpc) is 2.98. The number of benzene rings is 3. The summed E-state index contributed by atoms with van der Waals surface area (Å²) in [5.41, 5.74) is 9.10. The quantitative estimate of drug-likeness (QED) is 0.146. The Kier molecular flexibility index (Phi) is 8.32. The molecule has 0 atom stereocenters. The Balaban J connectivity index is 1.55. The molecule has 38 heavy (non-hydrogen) atoms. The van der Waals surface area contributed by atoms with Gasteiger partial charge in [-0.25, -0.2) is 0 Å². The molecule has 0 fully saturated rings. The van der Waals surface area contributed by atoms with Crippen LogP contribution in [0.3, 0.4) is 0 Å². The Bertz CT molecular complexity index is 1410. The van der Waals surface area contributed by atoms with E-state index in [0.717, 1.165) is 50.5 Å². The smallest absolute Gasteiger partial charge is 0.115 e. The van der Waals surface area contributed by atoms with E-state index < -0.39 is 0 Å². The third kappa shape index (κ3) is 6.21. The second kappa shape index (κ2) is 12.4. The van der Waals surface area contributed by atoms with Crippen LogP contribution < -0.4 is 0 Å². The van der Waals surface area contributed by atoms with Crippen LogP contribution >= 0.6 is 11.8 Å². The Hall–Kier alpha value is -4.15. The number of thioether (sulfide) groups is 1. The van der Waals surface area contributed by atoms with Gasteiger partial charge >= 0.3 is 0 Å². The van der Waals surface area contributed by atoms with Crippen LogP contribution in [0.15, 0.2) is 133 Å². The van der Waals surface area contributed by atoms with Crippen LogP contribution in [-0.4, -0.2) is 22.3 Å². The van der Waals surface area contributed by atoms with E-state index >= 15 is 0 Å². The predicted octanol–water partition coefficient (Wildman–Crippen LogP) is 8.71. The molecule has 3 nitrogen and oxygen atoms in total. The molecule has 188 valence electrons. The van der Waals surface area contributed by atoms with Gasteiger partial charge in [0.25, 0.3) is 0 Å². The Labute approximate surface area is 229 Å². The fourth-order valence-corrected chi connectivity index (χ4v) is 5.40. The third-order valence-corrected chi connectivity index (χ3v) is 7.29. The molecule has 0 saturated carbocycles. The normalized spacial score (nSPS) is 10.7. The summed E-state index contributed by atoms with van der Waals surface area (Å²) < 4.78 is 6.33. The first-order chi connectivity index (χ1) is 18.7. The SMILES string of the molecule is CCOC(CSc1cccc(C)c1)=C(c1ccc(-c2cccnc2)cc1)c1ccc(-c2cccnc2)cc1. The summed E-state index contributed by atoms with van der Waals surface area (Å²) in [7, 11) is 0. The lowest BCUT2D eigenvalue weighted by Crippen LogP contribution is -2.02. The second-order valence-corrected chi connectivity index (χ2v) is 10.0. The lowest BCUT2D eigenvalue weighted by atomic mass is 9.93. The van der Waals surface area contributed by atoms with Crippen molar-refractivity contribution in [1.29, 1.82) is 0 Å². The van der Waals surface area contributed by atoms with E-state index in [9.17, 15) is 0 Å². The molecule has 0 radical (unpaired) electrons. The number of hydrogen-bond acceptors (Lipinski definition) is 4. The van der Waals surface area contributed by atoms with Gasteiger partial charge in [-0.05, 0) is 71.5 Å². The number of pyridine rings is 2. The maximum atomic E-state index is 6.33. The fourth-order valence-electron chi connectivity index (χ4n) is 4.43. The topological polar surface area (TPSA) is 35.0 Å². The summed E-state index contributed by atoms with van der Waals surface area (Å²) in [6.07, 6.45) is 7.39. The highest BCUT2D eigenvalue weighted by atomic mass is 32.2. The molecule has 0 amide bonds. The van der Waals surface area contributed by atoms with E-state index in [1.165, 1.54) is 10.5 Å².